The van der Waals surface area contributed by atoms with E-state index in [1.54, 1.807) is 12.1 Å². The van der Waals surface area contributed by atoms with Crippen LogP contribution < -0.4 is 4.74 Å². The van der Waals surface area contributed by atoms with Crippen molar-refractivity contribution in [2.24, 2.45) is 0 Å². The Bertz CT molecular complexity index is 546. The zero-order chi connectivity index (χ0) is 17.5. The Kier molecular flexibility index (Phi) is 6.64. The van der Waals surface area contributed by atoms with Crippen molar-refractivity contribution in [3.8, 4) is 5.75 Å². The second-order valence-corrected chi connectivity index (χ2v) is 6.72. The molecule has 3 rings (SSSR count). The number of nitrogens with zero attached hydrogens (tertiary/aromatic N) is 2. The number of benzene rings is 1. The smallest absolute Gasteiger partial charge is 0.226 e. The minimum Gasteiger partial charge on any atom is -0.493 e. The molecule has 2 aliphatic heterocycles. The van der Waals surface area contributed by atoms with Crippen LogP contribution in [0.25, 0.3) is 0 Å². The van der Waals surface area contributed by atoms with E-state index in [0.29, 0.717) is 24.9 Å². The van der Waals surface area contributed by atoms with Gasteiger partial charge in [-0.3, -0.25) is 9.69 Å². The van der Waals surface area contributed by atoms with Crippen LogP contribution >= 0.6 is 0 Å². The first-order chi connectivity index (χ1) is 12.2. The van der Waals surface area contributed by atoms with Crippen molar-refractivity contribution < 1.29 is 18.7 Å². The predicted octanol–water partition coefficient (Wildman–Crippen LogP) is 2.31. The number of carbonyl (C=O) groups is 1. The molecule has 0 aliphatic carbocycles. The number of halogens is 1. The number of ether oxygens (including phenoxy) is 2. The molecule has 0 spiro atoms. The molecule has 5 nitrogen and oxygen atoms in total. The van der Waals surface area contributed by atoms with Crippen LogP contribution in [-0.2, 0) is 9.53 Å². The van der Waals surface area contributed by atoms with Crippen molar-refractivity contribution in [1.82, 2.24) is 9.80 Å². The summed E-state index contributed by atoms with van der Waals surface area (Å²) in [5.41, 5.74) is 0. The fraction of sp³-hybridized carbons (Fsp3) is 0.632. The van der Waals surface area contributed by atoms with Crippen LogP contribution in [0, 0.1) is 5.82 Å². The van der Waals surface area contributed by atoms with Gasteiger partial charge in [-0.2, -0.15) is 0 Å². The van der Waals surface area contributed by atoms with Gasteiger partial charge in [-0.15, -0.1) is 0 Å². The van der Waals surface area contributed by atoms with E-state index in [1.165, 1.54) is 12.1 Å². The van der Waals surface area contributed by atoms with E-state index in [4.69, 9.17) is 9.47 Å². The fourth-order valence-electron chi connectivity index (χ4n) is 3.42. The summed E-state index contributed by atoms with van der Waals surface area (Å²) < 4.78 is 24.1. The molecule has 0 aromatic heterocycles. The van der Waals surface area contributed by atoms with Gasteiger partial charge in [0.25, 0.3) is 0 Å². The van der Waals surface area contributed by atoms with Gasteiger partial charge in [0.2, 0.25) is 5.91 Å². The Morgan fingerprint density at radius 3 is 2.76 bits per heavy atom. The topological polar surface area (TPSA) is 42.0 Å². The zero-order valence-corrected chi connectivity index (χ0v) is 14.7. The average Bonchev–Trinajstić information content (AvgIpc) is 3.01. The summed E-state index contributed by atoms with van der Waals surface area (Å²) >= 11 is 0. The number of hydrogen-bond acceptors (Lipinski definition) is 4. The lowest BCUT2D eigenvalue weighted by Crippen LogP contribution is -2.37. The van der Waals surface area contributed by atoms with Gasteiger partial charge in [0.05, 0.1) is 19.1 Å². The molecule has 2 fully saturated rings. The molecule has 0 saturated carbocycles. The Hall–Kier alpha value is -1.66. The van der Waals surface area contributed by atoms with Gasteiger partial charge < -0.3 is 14.4 Å². The molecule has 6 heteroatoms. The van der Waals surface area contributed by atoms with E-state index in [2.05, 4.69) is 4.90 Å². The van der Waals surface area contributed by atoms with Crippen molar-refractivity contribution in [1.29, 1.82) is 0 Å². The molecule has 1 atom stereocenters. The second kappa shape index (κ2) is 9.15. The van der Waals surface area contributed by atoms with E-state index in [1.807, 2.05) is 4.90 Å². The Labute approximate surface area is 148 Å². The van der Waals surface area contributed by atoms with E-state index in [-0.39, 0.29) is 11.7 Å². The fourth-order valence-corrected chi connectivity index (χ4v) is 3.42. The molecule has 0 radical (unpaired) electrons. The normalized spacial score (nSPS) is 22.0. The Morgan fingerprint density at radius 1 is 1.16 bits per heavy atom. The van der Waals surface area contributed by atoms with Crippen molar-refractivity contribution in [3.63, 3.8) is 0 Å². The highest BCUT2D eigenvalue weighted by atomic mass is 19.1. The van der Waals surface area contributed by atoms with Gasteiger partial charge in [0.1, 0.15) is 11.6 Å². The highest BCUT2D eigenvalue weighted by Crippen LogP contribution is 2.15. The van der Waals surface area contributed by atoms with Crippen molar-refractivity contribution in [3.05, 3.63) is 30.1 Å². The first kappa shape index (κ1) is 18.1. The maximum Gasteiger partial charge on any atom is 0.226 e. The van der Waals surface area contributed by atoms with Crippen molar-refractivity contribution in [2.45, 2.75) is 31.8 Å². The van der Waals surface area contributed by atoms with Gasteiger partial charge >= 0.3 is 0 Å². The van der Waals surface area contributed by atoms with E-state index in [9.17, 15) is 9.18 Å². The van der Waals surface area contributed by atoms with Crippen LogP contribution in [0.3, 0.4) is 0 Å². The largest absolute Gasteiger partial charge is 0.493 e. The lowest BCUT2D eigenvalue weighted by molar-refractivity contribution is -0.131. The summed E-state index contributed by atoms with van der Waals surface area (Å²) in [5, 5.41) is 0. The molecule has 2 aliphatic rings. The summed E-state index contributed by atoms with van der Waals surface area (Å²) in [6.07, 6.45) is 4.03. The minimum atomic E-state index is -0.291. The molecule has 1 aromatic rings. The standard InChI is InChI=1S/C19H27FN2O3/c20-16-4-6-17(7-5-16)25-14-8-19(23)22-10-2-9-21(11-12-22)15-18-3-1-13-24-18/h4-7,18H,1-3,8-15H2/t18-/m1/s1. The van der Waals surface area contributed by atoms with Crippen LogP contribution in [-0.4, -0.2) is 67.7 Å². The molecule has 2 saturated heterocycles. The molecular weight excluding hydrogens is 323 g/mol. The molecule has 1 aromatic carbocycles. The number of amides is 1. The Balaban J connectivity index is 1.37. The van der Waals surface area contributed by atoms with Gasteiger partial charge in [0, 0.05) is 32.8 Å². The predicted molar refractivity (Wildman–Crippen MR) is 93.1 cm³/mol. The first-order valence-electron chi connectivity index (χ1n) is 9.21. The molecule has 25 heavy (non-hydrogen) atoms. The SMILES string of the molecule is O=C(CCOc1ccc(F)cc1)N1CCCN(C[C@H]2CCCO2)CC1. The van der Waals surface area contributed by atoms with Crippen LogP contribution in [0.1, 0.15) is 25.7 Å². The van der Waals surface area contributed by atoms with Gasteiger partial charge in [-0.1, -0.05) is 0 Å². The van der Waals surface area contributed by atoms with Crippen molar-refractivity contribution in [2.75, 3.05) is 45.9 Å². The van der Waals surface area contributed by atoms with E-state index in [0.717, 1.165) is 58.6 Å². The number of carbonyl (C=O) groups excluding carboxylic acids is 1. The third-order valence-corrected chi connectivity index (χ3v) is 4.83. The zero-order valence-electron chi connectivity index (χ0n) is 14.7. The third-order valence-electron chi connectivity index (χ3n) is 4.83. The lowest BCUT2D eigenvalue weighted by Gasteiger charge is -2.24. The highest BCUT2D eigenvalue weighted by molar-refractivity contribution is 5.76. The average molecular weight is 350 g/mol. The van der Waals surface area contributed by atoms with Gasteiger partial charge in [-0.05, 0) is 50.1 Å². The highest BCUT2D eigenvalue weighted by Gasteiger charge is 2.23. The third kappa shape index (κ3) is 5.68. The summed E-state index contributed by atoms with van der Waals surface area (Å²) in [5.74, 6) is 0.425. The van der Waals surface area contributed by atoms with Gasteiger partial charge in [0.15, 0.2) is 0 Å². The molecule has 2 heterocycles. The summed E-state index contributed by atoms with van der Waals surface area (Å²) in [4.78, 5) is 16.7. The summed E-state index contributed by atoms with van der Waals surface area (Å²) in [6.45, 7) is 5.69. The van der Waals surface area contributed by atoms with Crippen molar-refractivity contribution >= 4 is 5.91 Å². The van der Waals surface area contributed by atoms with Crippen LogP contribution in [0.5, 0.6) is 5.75 Å². The van der Waals surface area contributed by atoms with Crippen LogP contribution in [0.2, 0.25) is 0 Å². The number of rotatable bonds is 6. The molecule has 138 valence electrons. The molecule has 0 unspecified atom stereocenters. The Morgan fingerprint density at radius 2 is 2.00 bits per heavy atom. The first-order valence-corrected chi connectivity index (χ1v) is 9.21. The second-order valence-electron chi connectivity index (χ2n) is 6.72. The van der Waals surface area contributed by atoms with E-state index >= 15 is 0 Å². The van der Waals surface area contributed by atoms with Crippen LogP contribution in [0.15, 0.2) is 24.3 Å². The molecule has 1 amide bonds. The maximum absolute atomic E-state index is 12.8. The number of hydrogen-bond donors (Lipinski definition) is 0. The quantitative estimate of drug-likeness (QED) is 0.790. The molecule has 0 bridgehead atoms. The summed E-state index contributed by atoms with van der Waals surface area (Å²) in [6, 6.07) is 5.87. The lowest BCUT2D eigenvalue weighted by atomic mass is 10.2. The summed E-state index contributed by atoms with van der Waals surface area (Å²) in [7, 11) is 0. The monoisotopic (exact) mass is 350 g/mol. The molecule has 0 N–H and O–H groups in total. The maximum atomic E-state index is 12.8. The minimum absolute atomic E-state index is 0.126. The van der Waals surface area contributed by atoms with Gasteiger partial charge in [-0.25, -0.2) is 4.39 Å². The van der Waals surface area contributed by atoms with E-state index < -0.39 is 0 Å². The van der Waals surface area contributed by atoms with Crippen LogP contribution in [0.4, 0.5) is 4.39 Å². The molecular formula is C19H27FN2O3.